The van der Waals surface area contributed by atoms with Gasteiger partial charge in [0.05, 0.1) is 6.10 Å². The third kappa shape index (κ3) is 5.76. The van der Waals surface area contributed by atoms with Crippen molar-refractivity contribution in [2.75, 3.05) is 18.4 Å². The summed E-state index contributed by atoms with van der Waals surface area (Å²) in [6, 6.07) is 11.3. The highest BCUT2D eigenvalue weighted by atomic mass is 16.5. The zero-order valence-electron chi connectivity index (χ0n) is 16.2. The molecule has 0 saturated heterocycles. The Hall–Kier alpha value is -2.56. The molecule has 1 heterocycles. The van der Waals surface area contributed by atoms with E-state index in [0.717, 1.165) is 37.4 Å². The first kappa shape index (κ1) is 19.8. The first-order valence-electron chi connectivity index (χ1n) is 9.32. The molecule has 0 atom stereocenters. The number of amides is 1. The lowest BCUT2D eigenvalue weighted by Crippen LogP contribution is -2.32. The lowest BCUT2D eigenvalue weighted by molar-refractivity contribution is 0.0755. The second-order valence-corrected chi connectivity index (χ2v) is 6.54. The summed E-state index contributed by atoms with van der Waals surface area (Å²) in [6.07, 6.45) is 3.72. The number of ether oxygens (including phenoxy) is 1. The lowest BCUT2D eigenvalue weighted by atomic mass is 10.2. The molecule has 140 valence electrons. The molecule has 0 aliphatic carbocycles. The highest BCUT2D eigenvalue weighted by Crippen LogP contribution is 2.20. The van der Waals surface area contributed by atoms with Crippen LogP contribution in [0.2, 0.25) is 0 Å². The number of carbonyl (C=O) groups is 1. The minimum Gasteiger partial charge on any atom is -0.491 e. The molecule has 1 aromatic heterocycles. The predicted molar refractivity (Wildman–Crippen MR) is 106 cm³/mol. The predicted octanol–water partition coefficient (Wildman–Crippen LogP) is 4.87. The van der Waals surface area contributed by atoms with Crippen LogP contribution in [-0.2, 0) is 0 Å². The summed E-state index contributed by atoms with van der Waals surface area (Å²) in [5.74, 6) is 1.54. The highest BCUT2D eigenvalue weighted by molar-refractivity contribution is 5.95. The van der Waals surface area contributed by atoms with Crippen LogP contribution in [0.15, 0.2) is 42.6 Å². The molecule has 0 spiro atoms. The summed E-state index contributed by atoms with van der Waals surface area (Å²) >= 11 is 0. The van der Waals surface area contributed by atoms with Crippen molar-refractivity contribution in [3.63, 3.8) is 0 Å². The Bertz CT molecular complexity index is 693. The number of anilines is 2. The van der Waals surface area contributed by atoms with E-state index < -0.39 is 0 Å². The molecule has 0 bridgehead atoms. The molecule has 0 unspecified atom stereocenters. The zero-order chi connectivity index (χ0) is 18.9. The quantitative estimate of drug-likeness (QED) is 0.697. The Morgan fingerprint density at radius 3 is 2.35 bits per heavy atom. The Labute approximate surface area is 156 Å². The number of hydrogen-bond acceptors (Lipinski definition) is 4. The Balaban J connectivity index is 2.09. The summed E-state index contributed by atoms with van der Waals surface area (Å²) in [4.78, 5) is 19.0. The van der Waals surface area contributed by atoms with Crippen molar-refractivity contribution in [3.8, 4) is 5.75 Å². The monoisotopic (exact) mass is 355 g/mol. The molecule has 0 fully saturated rings. The van der Waals surface area contributed by atoms with Gasteiger partial charge < -0.3 is 15.0 Å². The third-order valence-electron chi connectivity index (χ3n) is 3.78. The second kappa shape index (κ2) is 9.80. The van der Waals surface area contributed by atoms with Crippen molar-refractivity contribution in [1.82, 2.24) is 9.88 Å². The van der Waals surface area contributed by atoms with Gasteiger partial charge in [0.25, 0.3) is 5.91 Å². The SMILES string of the molecule is CCCN(CCC)C(=O)c1ccnc(Nc2ccc(OC(C)C)cc2)c1. The van der Waals surface area contributed by atoms with E-state index in [4.69, 9.17) is 4.74 Å². The fourth-order valence-corrected chi connectivity index (χ4v) is 2.71. The average Bonchev–Trinajstić information content (AvgIpc) is 2.62. The Morgan fingerprint density at radius 2 is 1.77 bits per heavy atom. The van der Waals surface area contributed by atoms with Crippen LogP contribution >= 0.6 is 0 Å². The number of aromatic nitrogens is 1. The number of carbonyl (C=O) groups excluding carboxylic acids is 1. The van der Waals surface area contributed by atoms with Crippen LogP contribution < -0.4 is 10.1 Å². The molecular weight excluding hydrogens is 326 g/mol. The minimum atomic E-state index is 0.0554. The Morgan fingerprint density at radius 1 is 1.12 bits per heavy atom. The van der Waals surface area contributed by atoms with E-state index in [1.807, 2.05) is 43.0 Å². The molecule has 2 rings (SSSR count). The van der Waals surface area contributed by atoms with Crippen molar-refractivity contribution in [2.45, 2.75) is 46.6 Å². The van der Waals surface area contributed by atoms with Crippen molar-refractivity contribution in [3.05, 3.63) is 48.2 Å². The number of hydrogen-bond donors (Lipinski definition) is 1. The second-order valence-electron chi connectivity index (χ2n) is 6.54. The van der Waals surface area contributed by atoms with Gasteiger partial charge in [-0.2, -0.15) is 0 Å². The molecule has 0 aliphatic rings. The molecule has 26 heavy (non-hydrogen) atoms. The fourth-order valence-electron chi connectivity index (χ4n) is 2.71. The average molecular weight is 355 g/mol. The summed E-state index contributed by atoms with van der Waals surface area (Å²) in [7, 11) is 0. The largest absolute Gasteiger partial charge is 0.491 e. The third-order valence-corrected chi connectivity index (χ3v) is 3.78. The topological polar surface area (TPSA) is 54.5 Å². The van der Waals surface area contributed by atoms with E-state index in [0.29, 0.717) is 11.4 Å². The molecule has 2 aromatic rings. The van der Waals surface area contributed by atoms with Crippen LogP contribution in [0.4, 0.5) is 11.5 Å². The van der Waals surface area contributed by atoms with Gasteiger partial charge in [-0.3, -0.25) is 4.79 Å². The van der Waals surface area contributed by atoms with Gasteiger partial charge in [-0.1, -0.05) is 13.8 Å². The molecule has 0 aliphatic heterocycles. The highest BCUT2D eigenvalue weighted by Gasteiger charge is 2.15. The van der Waals surface area contributed by atoms with Crippen LogP contribution in [0.1, 0.15) is 50.9 Å². The van der Waals surface area contributed by atoms with E-state index in [9.17, 15) is 4.79 Å². The molecule has 1 amide bonds. The maximum Gasteiger partial charge on any atom is 0.254 e. The zero-order valence-corrected chi connectivity index (χ0v) is 16.2. The van der Waals surface area contributed by atoms with Crippen molar-refractivity contribution >= 4 is 17.4 Å². The van der Waals surface area contributed by atoms with E-state index >= 15 is 0 Å². The fraction of sp³-hybridized carbons (Fsp3) is 0.429. The number of benzene rings is 1. The first-order valence-corrected chi connectivity index (χ1v) is 9.32. The molecule has 1 aromatic carbocycles. The van der Waals surface area contributed by atoms with Crippen LogP contribution in [0.5, 0.6) is 5.75 Å². The normalized spacial score (nSPS) is 10.7. The molecule has 5 heteroatoms. The van der Waals surface area contributed by atoms with E-state index in [1.54, 1.807) is 18.3 Å². The van der Waals surface area contributed by atoms with Crippen LogP contribution in [0, 0.1) is 0 Å². The summed E-state index contributed by atoms with van der Waals surface area (Å²) in [5.41, 5.74) is 1.56. The van der Waals surface area contributed by atoms with Gasteiger partial charge in [-0.05, 0) is 63.1 Å². The maximum absolute atomic E-state index is 12.7. The molecule has 0 saturated carbocycles. The number of nitrogens with one attached hydrogen (secondary N) is 1. The minimum absolute atomic E-state index is 0.0554. The van der Waals surface area contributed by atoms with Crippen molar-refractivity contribution in [2.24, 2.45) is 0 Å². The number of pyridine rings is 1. The summed E-state index contributed by atoms with van der Waals surface area (Å²) in [6.45, 7) is 9.71. The lowest BCUT2D eigenvalue weighted by Gasteiger charge is -2.21. The summed E-state index contributed by atoms with van der Waals surface area (Å²) in [5, 5.41) is 3.25. The molecule has 5 nitrogen and oxygen atoms in total. The van der Waals surface area contributed by atoms with E-state index in [-0.39, 0.29) is 12.0 Å². The van der Waals surface area contributed by atoms with Gasteiger partial charge in [0.1, 0.15) is 11.6 Å². The van der Waals surface area contributed by atoms with E-state index in [2.05, 4.69) is 24.1 Å². The first-order chi connectivity index (χ1) is 12.5. The standard InChI is InChI=1S/C21H29N3O2/c1-5-13-24(14-6-2)21(25)17-11-12-22-20(15-17)23-18-7-9-19(10-8-18)26-16(3)4/h7-12,15-16H,5-6,13-14H2,1-4H3,(H,22,23). The van der Waals surface area contributed by atoms with Gasteiger partial charge >= 0.3 is 0 Å². The number of nitrogens with zero attached hydrogens (tertiary/aromatic N) is 2. The van der Waals surface area contributed by atoms with Gasteiger partial charge in [0.15, 0.2) is 0 Å². The van der Waals surface area contributed by atoms with Gasteiger partial charge in [-0.15, -0.1) is 0 Å². The smallest absolute Gasteiger partial charge is 0.254 e. The van der Waals surface area contributed by atoms with Crippen LogP contribution in [0.25, 0.3) is 0 Å². The van der Waals surface area contributed by atoms with Crippen molar-refractivity contribution in [1.29, 1.82) is 0 Å². The van der Waals surface area contributed by atoms with Gasteiger partial charge in [0.2, 0.25) is 0 Å². The molecule has 1 N–H and O–H groups in total. The molecular formula is C21H29N3O2. The molecule has 0 radical (unpaired) electrons. The summed E-state index contributed by atoms with van der Waals surface area (Å²) < 4.78 is 5.65. The van der Waals surface area contributed by atoms with Gasteiger partial charge in [-0.25, -0.2) is 4.98 Å². The van der Waals surface area contributed by atoms with E-state index in [1.165, 1.54) is 0 Å². The van der Waals surface area contributed by atoms with Gasteiger partial charge in [0, 0.05) is 30.5 Å². The van der Waals surface area contributed by atoms with Crippen LogP contribution in [0.3, 0.4) is 0 Å². The Kier molecular flexibility index (Phi) is 7.45. The maximum atomic E-state index is 12.7. The van der Waals surface area contributed by atoms with Crippen LogP contribution in [-0.4, -0.2) is 35.0 Å². The van der Waals surface area contributed by atoms with Crippen molar-refractivity contribution < 1.29 is 9.53 Å². The number of rotatable bonds is 9.